The molecule has 7 heteroatoms. The van der Waals surface area contributed by atoms with E-state index in [1.54, 1.807) is 18.2 Å². The maximum Gasteiger partial charge on any atom is 0.251 e. The summed E-state index contributed by atoms with van der Waals surface area (Å²) >= 11 is 0. The van der Waals surface area contributed by atoms with Gasteiger partial charge in [-0.15, -0.1) is 0 Å². The summed E-state index contributed by atoms with van der Waals surface area (Å²) in [5.74, 6) is 0.313. The van der Waals surface area contributed by atoms with E-state index in [0.717, 1.165) is 18.8 Å². The minimum Gasteiger partial charge on any atom is -0.497 e. The molecule has 7 nitrogen and oxygen atoms in total. The Morgan fingerprint density at radius 2 is 1.50 bits per heavy atom. The fraction of sp³-hybridized carbons (Fsp3) is 0.333. The number of hydrogen-bond acceptors (Lipinski definition) is 5. The molecular weight excluding hydrogens is 358 g/mol. The predicted molar refractivity (Wildman–Crippen MR) is 111 cm³/mol. The van der Waals surface area contributed by atoms with Crippen molar-refractivity contribution in [1.82, 2.24) is 5.32 Å². The molecule has 0 aromatic heterocycles. The van der Waals surface area contributed by atoms with Crippen LogP contribution in [0.3, 0.4) is 0 Å². The number of methoxy groups -OCH3 is 2. The van der Waals surface area contributed by atoms with Crippen LogP contribution >= 0.6 is 0 Å². The lowest BCUT2D eigenvalue weighted by atomic mass is 10.2. The Morgan fingerprint density at radius 3 is 2.00 bits per heavy atom. The van der Waals surface area contributed by atoms with Gasteiger partial charge in [-0.2, -0.15) is 0 Å². The first-order valence-corrected chi connectivity index (χ1v) is 9.16. The highest BCUT2D eigenvalue weighted by molar-refractivity contribution is 5.99. The molecule has 0 aliphatic rings. The van der Waals surface area contributed by atoms with Gasteiger partial charge in [0, 0.05) is 36.1 Å². The second-order valence-electron chi connectivity index (χ2n) is 6.05. The van der Waals surface area contributed by atoms with Gasteiger partial charge in [-0.25, -0.2) is 0 Å². The van der Waals surface area contributed by atoms with Crippen LogP contribution in [-0.2, 0) is 4.79 Å². The van der Waals surface area contributed by atoms with E-state index in [-0.39, 0.29) is 18.4 Å². The molecule has 0 heterocycles. The number of anilines is 2. The molecule has 0 saturated carbocycles. The van der Waals surface area contributed by atoms with Crippen LogP contribution in [0.15, 0.2) is 42.5 Å². The number of rotatable bonds is 9. The van der Waals surface area contributed by atoms with Gasteiger partial charge in [0.2, 0.25) is 5.91 Å². The van der Waals surface area contributed by atoms with Crippen LogP contribution in [-0.4, -0.2) is 45.7 Å². The zero-order chi connectivity index (χ0) is 20.5. The average molecular weight is 385 g/mol. The number of benzene rings is 2. The SMILES string of the molecule is CCN(CC)c1ccc(NC(=O)CNC(=O)c2cc(OC)cc(OC)c2)cc1. The quantitative estimate of drug-likeness (QED) is 0.694. The van der Waals surface area contributed by atoms with Crippen LogP contribution in [0.4, 0.5) is 11.4 Å². The molecule has 0 spiro atoms. The van der Waals surface area contributed by atoms with E-state index >= 15 is 0 Å². The first-order valence-electron chi connectivity index (χ1n) is 9.16. The summed E-state index contributed by atoms with van der Waals surface area (Å²) in [5, 5.41) is 5.37. The summed E-state index contributed by atoms with van der Waals surface area (Å²) in [6, 6.07) is 12.5. The second-order valence-corrected chi connectivity index (χ2v) is 6.05. The number of carbonyl (C=O) groups excluding carboxylic acids is 2. The summed E-state index contributed by atoms with van der Waals surface area (Å²) in [7, 11) is 3.02. The van der Waals surface area contributed by atoms with E-state index in [4.69, 9.17) is 9.47 Å². The van der Waals surface area contributed by atoms with Crippen LogP contribution in [0.1, 0.15) is 24.2 Å². The van der Waals surface area contributed by atoms with Gasteiger partial charge in [0.15, 0.2) is 0 Å². The molecule has 0 bridgehead atoms. The fourth-order valence-corrected chi connectivity index (χ4v) is 2.75. The Balaban J connectivity index is 1.92. The van der Waals surface area contributed by atoms with Gasteiger partial charge >= 0.3 is 0 Å². The number of nitrogens with zero attached hydrogens (tertiary/aromatic N) is 1. The monoisotopic (exact) mass is 385 g/mol. The van der Waals surface area contributed by atoms with Gasteiger partial charge in [-0.05, 0) is 50.2 Å². The van der Waals surface area contributed by atoms with Crippen molar-refractivity contribution < 1.29 is 19.1 Å². The maximum atomic E-state index is 12.3. The van der Waals surface area contributed by atoms with Gasteiger partial charge in [0.25, 0.3) is 5.91 Å². The molecule has 28 heavy (non-hydrogen) atoms. The molecule has 0 atom stereocenters. The van der Waals surface area contributed by atoms with Gasteiger partial charge in [0.1, 0.15) is 11.5 Å². The molecule has 0 aliphatic carbocycles. The minimum atomic E-state index is -0.385. The van der Waals surface area contributed by atoms with E-state index in [0.29, 0.717) is 22.7 Å². The maximum absolute atomic E-state index is 12.3. The molecule has 150 valence electrons. The van der Waals surface area contributed by atoms with Gasteiger partial charge in [-0.3, -0.25) is 9.59 Å². The number of hydrogen-bond donors (Lipinski definition) is 2. The molecule has 2 aromatic carbocycles. The van der Waals surface area contributed by atoms with E-state index in [9.17, 15) is 9.59 Å². The Hall–Kier alpha value is -3.22. The summed E-state index contributed by atoms with van der Waals surface area (Å²) in [6.07, 6.45) is 0. The summed E-state index contributed by atoms with van der Waals surface area (Å²) < 4.78 is 10.3. The molecule has 0 saturated heterocycles. The van der Waals surface area contributed by atoms with Crippen LogP contribution in [0.25, 0.3) is 0 Å². The van der Waals surface area contributed by atoms with Crippen molar-refractivity contribution in [3.63, 3.8) is 0 Å². The number of amides is 2. The summed E-state index contributed by atoms with van der Waals surface area (Å²) in [5.41, 5.74) is 2.13. The van der Waals surface area contributed by atoms with E-state index in [1.165, 1.54) is 14.2 Å². The van der Waals surface area contributed by atoms with E-state index in [2.05, 4.69) is 29.4 Å². The number of nitrogens with one attached hydrogen (secondary N) is 2. The molecule has 2 N–H and O–H groups in total. The highest BCUT2D eigenvalue weighted by Gasteiger charge is 2.12. The Kier molecular flexibility index (Phi) is 7.68. The molecule has 0 aliphatic heterocycles. The topological polar surface area (TPSA) is 79.9 Å². The lowest BCUT2D eigenvalue weighted by Crippen LogP contribution is -2.32. The fourth-order valence-electron chi connectivity index (χ4n) is 2.75. The number of carbonyl (C=O) groups is 2. The standard InChI is InChI=1S/C21H27N3O4/c1-5-24(6-2)17-9-7-16(8-10-17)23-20(25)14-22-21(26)15-11-18(27-3)13-19(12-15)28-4/h7-13H,5-6,14H2,1-4H3,(H,22,26)(H,23,25). The van der Waals surface area contributed by atoms with E-state index in [1.807, 2.05) is 24.3 Å². The first kappa shape index (κ1) is 21.1. The predicted octanol–water partition coefficient (Wildman–Crippen LogP) is 2.92. The lowest BCUT2D eigenvalue weighted by molar-refractivity contribution is -0.115. The summed E-state index contributed by atoms with van der Waals surface area (Å²) in [4.78, 5) is 26.7. The van der Waals surface area contributed by atoms with Gasteiger partial charge in [-0.1, -0.05) is 0 Å². The summed E-state index contributed by atoms with van der Waals surface area (Å²) in [6.45, 7) is 5.89. The van der Waals surface area contributed by atoms with Crippen molar-refractivity contribution in [2.24, 2.45) is 0 Å². The highest BCUT2D eigenvalue weighted by atomic mass is 16.5. The molecule has 0 radical (unpaired) electrons. The molecule has 0 fully saturated rings. The molecule has 2 amide bonds. The molecular formula is C21H27N3O4. The van der Waals surface area contributed by atoms with Gasteiger partial charge < -0.3 is 25.0 Å². The largest absolute Gasteiger partial charge is 0.497 e. The van der Waals surface area contributed by atoms with Crippen LogP contribution in [0, 0.1) is 0 Å². The third-order valence-electron chi connectivity index (χ3n) is 4.30. The van der Waals surface area contributed by atoms with Crippen LogP contribution in [0.5, 0.6) is 11.5 Å². The smallest absolute Gasteiger partial charge is 0.251 e. The lowest BCUT2D eigenvalue weighted by Gasteiger charge is -2.21. The van der Waals surface area contributed by atoms with E-state index < -0.39 is 0 Å². The van der Waals surface area contributed by atoms with Gasteiger partial charge in [0.05, 0.1) is 20.8 Å². The normalized spacial score (nSPS) is 10.1. The van der Waals surface area contributed by atoms with Crippen molar-refractivity contribution in [3.05, 3.63) is 48.0 Å². The van der Waals surface area contributed by atoms with Crippen molar-refractivity contribution in [1.29, 1.82) is 0 Å². The van der Waals surface area contributed by atoms with Crippen molar-refractivity contribution in [3.8, 4) is 11.5 Å². The molecule has 2 rings (SSSR count). The van der Waals surface area contributed by atoms with Crippen LogP contribution < -0.4 is 25.0 Å². The average Bonchev–Trinajstić information content (AvgIpc) is 2.73. The molecule has 0 unspecified atom stereocenters. The Bertz CT molecular complexity index is 780. The molecule has 2 aromatic rings. The zero-order valence-corrected chi connectivity index (χ0v) is 16.7. The second kappa shape index (κ2) is 10.2. The minimum absolute atomic E-state index is 0.143. The Labute approximate surface area is 165 Å². The Morgan fingerprint density at radius 1 is 0.929 bits per heavy atom. The first-order chi connectivity index (χ1) is 13.5. The third-order valence-corrected chi connectivity index (χ3v) is 4.30. The zero-order valence-electron chi connectivity index (χ0n) is 16.7. The van der Waals surface area contributed by atoms with Crippen LogP contribution in [0.2, 0.25) is 0 Å². The third kappa shape index (κ3) is 5.64. The number of ether oxygens (including phenoxy) is 2. The van der Waals surface area contributed by atoms with Crippen molar-refractivity contribution >= 4 is 23.2 Å². The van der Waals surface area contributed by atoms with Crippen molar-refractivity contribution in [2.75, 3.05) is 44.1 Å². The highest BCUT2D eigenvalue weighted by Crippen LogP contribution is 2.22. The van der Waals surface area contributed by atoms with Crippen molar-refractivity contribution in [2.45, 2.75) is 13.8 Å².